The van der Waals surface area contributed by atoms with Crippen molar-refractivity contribution in [2.45, 2.75) is 39.8 Å². The molecule has 180 valence electrons. The lowest BCUT2D eigenvalue weighted by Crippen LogP contribution is -2.00. The Hall–Kier alpha value is -1.62. The first-order chi connectivity index (χ1) is 14.6. The highest BCUT2D eigenvalue weighted by atomic mass is 35.5. The number of nitrogens with two attached hydrogens (primary N) is 1. The summed E-state index contributed by atoms with van der Waals surface area (Å²) in [5, 5.41) is 11.3. The Bertz CT molecular complexity index is 1110. The second kappa shape index (κ2) is 13.9. The van der Waals surface area contributed by atoms with Gasteiger partial charge in [0.25, 0.3) is 0 Å². The molecular weight excluding hydrogens is 539 g/mol. The molecule has 0 saturated heterocycles. The molecule has 0 saturated carbocycles. The predicted molar refractivity (Wildman–Crippen MR) is 151 cm³/mol. The number of benzene rings is 1. The number of nitrogen functional groups attached to an aromatic ring is 1. The van der Waals surface area contributed by atoms with E-state index in [4.69, 9.17) is 10.7 Å². The van der Waals surface area contributed by atoms with Crippen molar-refractivity contribution in [3.05, 3.63) is 56.9 Å². The van der Waals surface area contributed by atoms with Gasteiger partial charge in [-0.25, -0.2) is 15.0 Å². The zero-order valence-electron chi connectivity index (χ0n) is 18.2. The number of halogens is 3. The maximum Gasteiger partial charge on any atom is 0.183 e. The third-order valence-corrected chi connectivity index (χ3v) is 7.18. The molecule has 0 aliphatic carbocycles. The minimum atomic E-state index is 0. The molecule has 33 heavy (non-hydrogen) atoms. The first-order valence-electron chi connectivity index (χ1n) is 9.79. The van der Waals surface area contributed by atoms with Gasteiger partial charge in [0, 0.05) is 26.9 Å². The average molecular weight is 566 g/mol. The van der Waals surface area contributed by atoms with Crippen LogP contribution in [0.25, 0.3) is 11.3 Å². The van der Waals surface area contributed by atoms with Crippen molar-refractivity contribution in [1.29, 1.82) is 0 Å². The van der Waals surface area contributed by atoms with E-state index in [1.165, 1.54) is 10.4 Å². The summed E-state index contributed by atoms with van der Waals surface area (Å²) in [7, 11) is 0. The molecule has 0 aliphatic heterocycles. The maximum atomic E-state index is 5.88. The molecule has 0 aliphatic rings. The van der Waals surface area contributed by atoms with Crippen LogP contribution in [0.5, 0.6) is 0 Å². The lowest BCUT2D eigenvalue weighted by molar-refractivity contribution is 0.877. The maximum absolute atomic E-state index is 5.88. The molecule has 12 heteroatoms. The molecule has 0 spiro atoms. The van der Waals surface area contributed by atoms with E-state index < -0.39 is 0 Å². The minimum absolute atomic E-state index is 0. The lowest BCUT2D eigenvalue weighted by atomic mass is 10.1. The van der Waals surface area contributed by atoms with Crippen LogP contribution in [0.2, 0.25) is 0 Å². The molecule has 0 bridgehead atoms. The van der Waals surface area contributed by atoms with E-state index in [9.17, 15) is 0 Å². The van der Waals surface area contributed by atoms with Crippen LogP contribution in [0, 0.1) is 6.92 Å². The Labute approximate surface area is 224 Å². The first kappa shape index (κ1) is 29.4. The van der Waals surface area contributed by atoms with Crippen LogP contribution in [0.1, 0.15) is 34.4 Å². The van der Waals surface area contributed by atoms with Crippen molar-refractivity contribution < 1.29 is 0 Å². The Kier molecular flexibility index (Phi) is 12.4. The van der Waals surface area contributed by atoms with E-state index in [1.807, 2.05) is 6.20 Å². The molecule has 1 aromatic carbocycles. The minimum Gasteiger partial charge on any atom is -0.375 e. The van der Waals surface area contributed by atoms with Gasteiger partial charge in [-0.2, -0.15) is 0 Å². The number of thiazole rings is 3. The van der Waals surface area contributed by atoms with Crippen molar-refractivity contribution in [3.8, 4) is 11.3 Å². The summed E-state index contributed by atoms with van der Waals surface area (Å²) in [5.74, 6) is 0. The number of aryl methyl sites for hydroxylation is 2. The quantitative estimate of drug-likeness (QED) is 0.201. The van der Waals surface area contributed by atoms with Crippen LogP contribution in [0.15, 0.2) is 35.8 Å². The first-order valence-corrected chi connectivity index (χ1v) is 12.3. The van der Waals surface area contributed by atoms with Gasteiger partial charge < -0.3 is 16.4 Å². The molecule has 6 nitrogen and oxygen atoms in total. The van der Waals surface area contributed by atoms with Crippen molar-refractivity contribution in [1.82, 2.24) is 15.0 Å². The zero-order valence-corrected chi connectivity index (χ0v) is 23.1. The highest BCUT2D eigenvalue weighted by Crippen LogP contribution is 2.27. The van der Waals surface area contributed by atoms with Crippen LogP contribution in [0.4, 0.5) is 15.4 Å². The molecule has 0 unspecified atom stereocenters. The Morgan fingerprint density at radius 1 is 0.939 bits per heavy atom. The SMILES string of the molecule is CCCc1nc(N)sc1CNc1ncc(CNc2nc(-c3ccc(C)cc3)cs2)s1.Cl.Cl.Cl. The van der Waals surface area contributed by atoms with Crippen molar-refractivity contribution in [2.24, 2.45) is 0 Å². The number of nitrogens with one attached hydrogen (secondary N) is 2. The van der Waals surface area contributed by atoms with Gasteiger partial charge in [0.15, 0.2) is 15.4 Å². The van der Waals surface area contributed by atoms with E-state index >= 15 is 0 Å². The summed E-state index contributed by atoms with van der Waals surface area (Å²) in [5.41, 5.74) is 10.4. The molecule has 3 heterocycles. The van der Waals surface area contributed by atoms with E-state index in [2.05, 4.69) is 64.1 Å². The van der Waals surface area contributed by atoms with Gasteiger partial charge in [0.05, 0.1) is 24.5 Å². The van der Waals surface area contributed by atoms with Gasteiger partial charge >= 0.3 is 0 Å². The van der Waals surface area contributed by atoms with Gasteiger partial charge in [-0.3, -0.25) is 0 Å². The van der Waals surface area contributed by atoms with Gasteiger partial charge in [0.2, 0.25) is 0 Å². The Morgan fingerprint density at radius 2 is 1.67 bits per heavy atom. The molecule has 0 radical (unpaired) electrons. The second-order valence-corrected chi connectivity index (χ2v) is 10.0. The smallest absolute Gasteiger partial charge is 0.183 e. The summed E-state index contributed by atoms with van der Waals surface area (Å²) in [6.07, 6.45) is 3.92. The number of rotatable bonds is 9. The van der Waals surface area contributed by atoms with Crippen LogP contribution in [0.3, 0.4) is 0 Å². The van der Waals surface area contributed by atoms with Crippen LogP contribution >= 0.6 is 71.2 Å². The summed E-state index contributed by atoms with van der Waals surface area (Å²) in [4.78, 5) is 16.0. The standard InChI is InChI=1S/C21H24N6S3.3ClH/c1-3-4-16-18(30-19(22)26-16)11-25-20-23-9-15(29-20)10-24-21-27-17(12-28-21)14-7-5-13(2)6-8-14;;;/h5-9,12H,3-4,10-11H2,1-2H3,(H2,22,26)(H,23,25)(H,24,27);3*1H. The van der Waals surface area contributed by atoms with E-state index in [0.717, 1.165) is 44.9 Å². The Balaban J connectivity index is 0.00000181. The van der Waals surface area contributed by atoms with Gasteiger partial charge in [-0.1, -0.05) is 43.2 Å². The van der Waals surface area contributed by atoms with Crippen LogP contribution < -0.4 is 16.4 Å². The molecule has 3 aromatic heterocycles. The fourth-order valence-corrected chi connectivity index (χ4v) is 5.26. The third-order valence-electron chi connectivity index (χ3n) is 4.50. The topological polar surface area (TPSA) is 88.8 Å². The van der Waals surface area contributed by atoms with Crippen molar-refractivity contribution >= 4 is 86.6 Å². The second-order valence-electron chi connectivity index (χ2n) is 6.91. The molecular formula is C21H27Cl3N6S3. The molecule has 0 fully saturated rings. The fourth-order valence-electron chi connectivity index (χ4n) is 2.97. The molecule has 0 atom stereocenters. The molecule has 4 N–H and O–H groups in total. The number of nitrogens with zero attached hydrogens (tertiary/aromatic N) is 3. The normalized spacial score (nSPS) is 10.0. The van der Waals surface area contributed by atoms with Crippen LogP contribution in [-0.4, -0.2) is 15.0 Å². The van der Waals surface area contributed by atoms with Crippen LogP contribution in [-0.2, 0) is 19.5 Å². The van der Waals surface area contributed by atoms with Crippen molar-refractivity contribution in [2.75, 3.05) is 16.4 Å². The largest absolute Gasteiger partial charge is 0.375 e. The van der Waals surface area contributed by atoms with Gasteiger partial charge in [-0.05, 0) is 13.3 Å². The monoisotopic (exact) mass is 564 g/mol. The summed E-state index contributed by atoms with van der Waals surface area (Å²) in [6, 6.07) is 8.44. The lowest BCUT2D eigenvalue weighted by Gasteiger charge is -2.02. The van der Waals surface area contributed by atoms with Crippen molar-refractivity contribution in [3.63, 3.8) is 0 Å². The predicted octanol–water partition coefficient (Wildman–Crippen LogP) is 7.06. The summed E-state index contributed by atoms with van der Waals surface area (Å²) < 4.78 is 0. The highest BCUT2D eigenvalue weighted by Gasteiger charge is 2.10. The average Bonchev–Trinajstić information content (AvgIpc) is 3.46. The fraction of sp³-hybridized carbons (Fsp3) is 0.286. The summed E-state index contributed by atoms with van der Waals surface area (Å²) in [6.45, 7) is 5.65. The highest BCUT2D eigenvalue weighted by molar-refractivity contribution is 7.16. The molecule has 0 amide bonds. The number of hydrogen-bond donors (Lipinski definition) is 3. The number of hydrogen-bond acceptors (Lipinski definition) is 9. The molecule has 4 rings (SSSR count). The number of aromatic nitrogens is 3. The van der Waals surface area contributed by atoms with E-state index in [1.54, 1.807) is 34.0 Å². The zero-order chi connectivity index (χ0) is 20.9. The molecule has 4 aromatic rings. The Morgan fingerprint density at radius 3 is 2.39 bits per heavy atom. The van der Waals surface area contributed by atoms with Gasteiger partial charge in [-0.15, -0.1) is 71.2 Å². The van der Waals surface area contributed by atoms with E-state index in [-0.39, 0.29) is 37.2 Å². The summed E-state index contributed by atoms with van der Waals surface area (Å²) >= 11 is 4.82. The number of anilines is 3. The van der Waals surface area contributed by atoms with E-state index in [0.29, 0.717) is 18.2 Å². The van der Waals surface area contributed by atoms with Gasteiger partial charge in [0.1, 0.15) is 0 Å². The third kappa shape index (κ3) is 7.98.